The number of likely N-dealkylation sites (N-methyl/N-ethyl adjacent to an activating group) is 1. The molecule has 5 amide bonds. The normalized spacial score (nSPS) is 12.5. The summed E-state index contributed by atoms with van der Waals surface area (Å²) in [5, 5.41) is 13.5. The van der Waals surface area contributed by atoms with E-state index < -0.39 is 35.4 Å². The van der Waals surface area contributed by atoms with Crippen LogP contribution in [0.15, 0.2) is 0 Å². The van der Waals surface area contributed by atoms with E-state index in [-0.39, 0.29) is 12.5 Å². The molecule has 3 N–H and O–H groups in total. The van der Waals surface area contributed by atoms with Crippen molar-refractivity contribution in [2.75, 3.05) is 6.54 Å². The molecule has 0 aromatic rings. The molecule has 1 unspecified atom stereocenters. The summed E-state index contributed by atoms with van der Waals surface area (Å²) in [5.41, 5.74) is -0.721. The fourth-order valence-electron chi connectivity index (χ4n) is 2.49. The second-order valence-electron chi connectivity index (χ2n) is 6.65. The summed E-state index contributed by atoms with van der Waals surface area (Å²) >= 11 is 0. The molecule has 1 atom stereocenters. The molecule has 0 spiro atoms. The first-order valence-electron chi connectivity index (χ1n) is 8.14. The molecule has 0 aliphatic heterocycles. The summed E-state index contributed by atoms with van der Waals surface area (Å²) in [6.07, 6.45) is 1.16. The number of imide groups is 2. The summed E-state index contributed by atoms with van der Waals surface area (Å²) in [5.74, 6) is -1.93. The SMILES string of the molecule is CCC(CC)C(=O)NC(=O)NC(=O)N(CC)C(C(=O)O)C(C)(C)C. The number of hydrogen-bond acceptors (Lipinski definition) is 4. The topological polar surface area (TPSA) is 116 Å². The lowest BCUT2D eigenvalue weighted by Gasteiger charge is -2.36. The van der Waals surface area contributed by atoms with Crippen molar-refractivity contribution in [2.45, 2.75) is 60.4 Å². The van der Waals surface area contributed by atoms with Crippen molar-refractivity contribution >= 4 is 23.9 Å². The van der Waals surface area contributed by atoms with Crippen LogP contribution >= 0.6 is 0 Å². The van der Waals surface area contributed by atoms with Crippen molar-refractivity contribution in [2.24, 2.45) is 11.3 Å². The molecule has 0 heterocycles. The lowest BCUT2D eigenvalue weighted by atomic mass is 9.85. The molecular weight excluding hydrogens is 314 g/mol. The minimum atomic E-state index is -1.16. The van der Waals surface area contributed by atoms with E-state index in [2.05, 4.69) is 5.32 Å². The molecule has 0 saturated heterocycles. The quantitative estimate of drug-likeness (QED) is 0.683. The van der Waals surface area contributed by atoms with Crippen molar-refractivity contribution in [3.8, 4) is 0 Å². The number of nitrogens with one attached hydrogen (secondary N) is 2. The van der Waals surface area contributed by atoms with Crippen molar-refractivity contribution in [3.63, 3.8) is 0 Å². The molecule has 0 saturated carbocycles. The van der Waals surface area contributed by atoms with Gasteiger partial charge >= 0.3 is 18.0 Å². The van der Waals surface area contributed by atoms with Crippen molar-refractivity contribution in [1.82, 2.24) is 15.5 Å². The lowest BCUT2D eigenvalue weighted by Crippen LogP contribution is -2.57. The number of carboxylic acid groups (broad SMARTS) is 1. The first-order chi connectivity index (χ1) is 11.0. The van der Waals surface area contributed by atoms with Gasteiger partial charge in [0.25, 0.3) is 0 Å². The van der Waals surface area contributed by atoms with Crippen LogP contribution in [0.3, 0.4) is 0 Å². The zero-order chi connectivity index (χ0) is 19.1. The predicted molar refractivity (Wildman–Crippen MR) is 89.4 cm³/mol. The Labute approximate surface area is 143 Å². The molecule has 24 heavy (non-hydrogen) atoms. The van der Waals surface area contributed by atoms with Gasteiger partial charge in [0, 0.05) is 12.5 Å². The largest absolute Gasteiger partial charge is 0.480 e. The first-order valence-corrected chi connectivity index (χ1v) is 8.14. The summed E-state index contributed by atoms with van der Waals surface area (Å²) in [7, 11) is 0. The highest BCUT2D eigenvalue weighted by Gasteiger charge is 2.38. The molecular formula is C16H29N3O5. The molecule has 138 valence electrons. The fraction of sp³-hybridized carbons (Fsp3) is 0.750. The Morgan fingerprint density at radius 3 is 1.83 bits per heavy atom. The molecule has 0 fully saturated rings. The second-order valence-corrected chi connectivity index (χ2v) is 6.65. The number of aliphatic carboxylic acids is 1. The van der Waals surface area contributed by atoms with Crippen LogP contribution in [0.1, 0.15) is 54.4 Å². The van der Waals surface area contributed by atoms with Crippen molar-refractivity contribution in [1.29, 1.82) is 0 Å². The molecule has 0 bridgehead atoms. The zero-order valence-corrected chi connectivity index (χ0v) is 15.3. The van der Waals surface area contributed by atoms with Gasteiger partial charge in [0.2, 0.25) is 5.91 Å². The Morgan fingerprint density at radius 1 is 1.00 bits per heavy atom. The average Bonchev–Trinajstić information content (AvgIpc) is 2.43. The van der Waals surface area contributed by atoms with Gasteiger partial charge in [0.15, 0.2) is 0 Å². The third-order valence-corrected chi connectivity index (χ3v) is 3.78. The Kier molecular flexibility index (Phi) is 8.43. The zero-order valence-electron chi connectivity index (χ0n) is 15.3. The smallest absolute Gasteiger partial charge is 0.329 e. The van der Waals surface area contributed by atoms with Gasteiger partial charge in [-0.15, -0.1) is 0 Å². The van der Waals surface area contributed by atoms with Gasteiger partial charge in [-0.2, -0.15) is 0 Å². The van der Waals surface area contributed by atoms with Crippen LogP contribution in [0.5, 0.6) is 0 Å². The van der Waals surface area contributed by atoms with Crippen LogP contribution in [0, 0.1) is 11.3 Å². The maximum absolute atomic E-state index is 12.2. The van der Waals surface area contributed by atoms with Crippen LogP contribution in [-0.4, -0.2) is 46.5 Å². The van der Waals surface area contributed by atoms with Gasteiger partial charge in [0.1, 0.15) is 6.04 Å². The van der Waals surface area contributed by atoms with Crippen LogP contribution < -0.4 is 10.6 Å². The molecule has 0 aliphatic rings. The van der Waals surface area contributed by atoms with Crippen molar-refractivity contribution in [3.05, 3.63) is 0 Å². The summed E-state index contributed by atoms with van der Waals surface area (Å²) < 4.78 is 0. The summed E-state index contributed by atoms with van der Waals surface area (Å²) in [6.45, 7) is 10.5. The predicted octanol–water partition coefficient (Wildman–Crippen LogP) is 2.19. The van der Waals surface area contributed by atoms with Crippen LogP contribution in [0.2, 0.25) is 0 Å². The lowest BCUT2D eigenvalue weighted by molar-refractivity contribution is -0.146. The van der Waals surface area contributed by atoms with Crippen LogP contribution in [0.25, 0.3) is 0 Å². The van der Waals surface area contributed by atoms with Gasteiger partial charge in [-0.1, -0.05) is 34.6 Å². The van der Waals surface area contributed by atoms with E-state index in [1.54, 1.807) is 27.7 Å². The minimum Gasteiger partial charge on any atom is -0.480 e. The Hall–Kier alpha value is -2.12. The molecule has 8 nitrogen and oxygen atoms in total. The average molecular weight is 343 g/mol. The standard InChI is InChI=1S/C16H29N3O5/c1-7-10(8-2)12(20)17-14(23)18-15(24)19(9-3)11(13(21)22)16(4,5)6/h10-11H,7-9H2,1-6H3,(H,21,22)(H2,17,18,20,23,24). The molecule has 0 rings (SSSR count). The molecule has 0 aromatic heterocycles. The third-order valence-electron chi connectivity index (χ3n) is 3.78. The Bertz CT molecular complexity index is 481. The number of carboxylic acids is 1. The monoisotopic (exact) mass is 343 g/mol. The maximum Gasteiger partial charge on any atom is 0.329 e. The first kappa shape index (κ1) is 21.9. The van der Waals surface area contributed by atoms with E-state index in [9.17, 15) is 24.3 Å². The molecule has 8 heteroatoms. The number of amides is 5. The van der Waals surface area contributed by atoms with Crippen LogP contribution in [-0.2, 0) is 9.59 Å². The minimum absolute atomic E-state index is 0.105. The molecule has 0 aromatic carbocycles. The van der Waals surface area contributed by atoms with Gasteiger partial charge in [0.05, 0.1) is 0 Å². The maximum atomic E-state index is 12.2. The van der Waals surface area contributed by atoms with Gasteiger partial charge in [-0.05, 0) is 25.2 Å². The Morgan fingerprint density at radius 2 is 1.50 bits per heavy atom. The Balaban J connectivity index is 5.02. The number of carbonyl (C=O) groups is 4. The van der Waals surface area contributed by atoms with Crippen molar-refractivity contribution < 1.29 is 24.3 Å². The third kappa shape index (κ3) is 6.17. The molecule has 0 aliphatic carbocycles. The van der Waals surface area contributed by atoms with E-state index in [0.29, 0.717) is 12.8 Å². The second kappa shape index (κ2) is 9.24. The summed E-state index contributed by atoms with van der Waals surface area (Å²) in [4.78, 5) is 48.5. The highest BCUT2D eigenvalue weighted by atomic mass is 16.4. The fourth-order valence-corrected chi connectivity index (χ4v) is 2.49. The van der Waals surface area contributed by atoms with Gasteiger partial charge in [-0.3, -0.25) is 15.4 Å². The van der Waals surface area contributed by atoms with E-state index in [4.69, 9.17) is 0 Å². The molecule has 0 radical (unpaired) electrons. The van der Waals surface area contributed by atoms with E-state index in [1.807, 2.05) is 19.2 Å². The number of hydrogen-bond donors (Lipinski definition) is 3. The number of rotatable bonds is 6. The van der Waals surface area contributed by atoms with E-state index in [0.717, 1.165) is 4.90 Å². The number of carbonyl (C=O) groups excluding carboxylic acids is 3. The number of nitrogens with zero attached hydrogens (tertiary/aromatic N) is 1. The highest BCUT2D eigenvalue weighted by Crippen LogP contribution is 2.24. The highest BCUT2D eigenvalue weighted by molar-refractivity contribution is 6.02. The number of urea groups is 2. The van der Waals surface area contributed by atoms with Gasteiger partial charge < -0.3 is 10.0 Å². The summed E-state index contributed by atoms with van der Waals surface area (Å²) in [6, 6.07) is -2.91. The van der Waals surface area contributed by atoms with E-state index >= 15 is 0 Å². The van der Waals surface area contributed by atoms with Gasteiger partial charge in [-0.25, -0.2) is 14.4 Å². The van der Waals surface area contributed by atoms with E-state index in [1.165, 1.54) is 0 Å². The van der Waals surface area contributed by atoms with Crippen LogP contribution in [0.4, 0.5) is 9.59 Å².